The summed E-state index contributed by atoms with van der Waals surface area (Å²) >= 11 is 0. The highest BCUT2D eigenvalue weighted by Gasteiger charge is 2.09. The van der Waals surface area contributed by atoms with E-state index < -0.39 is 0 Å². The van der Waals surface area contributed by atoms with Gasteiger partial charge in [-0.05, 0) is 53.6 Å². The minimum atomic E-state index is -0.137. The van der Waals surface area contributed by atoms with Crippen molar-refractivity contribution in [1.29, 1.82) is 0 Å². The molecule has 7 heteroatoms. The van der Waals surface area contributed by atoms with Crippen molar-refractivity contribution in [3.63, 3.8) is 0 Å². The maximum absolute atomic E-state index is 12.4. The maximum atomic E-state index is 12.4. The molecule has 0 saturated heterocycles. The highest BCUT2D eigenvalue weighted by molar-refractivity contribution is 5.94. The van der Waals surface area contributed by atoms with Crippen LogP contribution in [0, 0.1) is 6.92 Å². The molecule has 0 bridgehead atoms. The van der Waals surface area contributed by atoms with Crippen LogP contribution in [0.3, 0.4) is 0 Å². The molecule has 1 aromatic heterocycles. The van der Waals surface area contributed by atoms with E-state index in [-0.39, 0.29) is 5.91 Å². The Labute approximate surface area is 145 Å². The molecule has 1 heterocycles. The molecule has 3 rings (SSSR count). The molecule has 2 aromatic carbocycles. The standard InChI is InChI=1S/C18H19N5O2/c1-13-6-7-17(25-2)14(10-13)8-9-19-18(24)15-4-3-5-16(11-15)23-12-20-21-22-23/h3-7,10-12H,8-9H2,1-2H3,(H,19,24). The molecular formula is C18H19N5O2. The van der Waals surface area contributed by atoms with Crippen LogP contribution in [-0.4, -0.2) is 39.8 Å². The van der Waals surface area contributed by atoms with Crippen LogP contribution in [0.1, 0.15) is 21.5 Å². The maximum Gasteiger partial charge on any atom is 0.251 e. The molecule has 0 atom stereocenters. The summed E-state index contributed by atoms with van der Waals surface area (Å²) in [5.74, 6) is 0.696. The van der Waals surface area contributed by atoms with Gasteiger partial charge in [0.2, 0.25) is 0 Å². The SMILES string of the molecule is COc1ccc(C)cc1CCNC(=O)c1cccc(-n2cnnn2)c1. The van der Waals surface area contributed by atoms with Gasteiger partial charge in [0.05, 0.1) is 12.8 Å². The highest BCUT2D eigenvalue weighted by Crippen LogP contribution is 2.19. The van der Waals surface area contributed by atoms with Gasteiger partial charge in [-0.1, -0.05) is 23.8 Å². The highest BCUT2D eigenvalue weighted by atomic mass is 16.5. The normalized spacial score (nSPS) is 10.5. The Morgan fingerprint density at radius 2 is 2.12 bits per heavy atom. The third-order valence-corrected chi connectivity index (χ3v) is 3.84. The van der Waals surface area contributed by atoms with Crippen LogP contribution in [0.4, 0.5) is 0 Å². The van der Waals surface area contributed by atoms with Crippen molar-refractivity contribution >= 4 is 5.91 Å². The van der Waals surface area contributed by atoms with Crippen molar-refractivity contribution in [3.05, 3.63) is 65.5 Å². The Hall–Kier alpha value is -3.22. The molecule has 0 unspecified atom stereocenters. The lowest BCUT2D eigenvalue weighted by atomic mass is 10.1. The molecule has 128 valence electrons. The number of benzene rings is 2. The summed E-state index contributed by atoms with van der Waals surface area (Å²) in [4.78, 5) is 12.4. The number of rotatable bonds is 6. The zero-order valence-corrected chi connectivity index (χ0v) is 14.1. The molecule has 0 fully saturated rings. The quantitative estimate of drug-likeness (QED) is 0.743. The zero-order chi connectivity index (χ0) is 17.6. The lowest BCUT2D eigenvalue weighted by molar-refractivity contribution is 0.0954. The van der Waals surface area contributed by atoms with Crippen molar-refractivity contribution < 1.29 is 9.53 Å². The van der Waals surface area contributed by atoms with Gasteiger partial charge in [0.15, 0.2) is 0 Å². The van der Waals surface area contributed by atoms with E-state index in [9.17, 15) is 4.79 Å². The minimum Gasteiger partial charge on any atom is -0.496 e. The molecule has 0 saturated carbocycles. The smallest absolute Gasteiger partial charge is 0.251 e. The molecule has 3 aromatic rings. The van der Waals surface area contributed by atoms with Gasteiger partial charge in [-0.3, -0.25) is 4.79 Å². The van der Waals surface area contributed by atoms with Crippen molar-refractivity contribution in [3.8, 4) is 11.4 Å². The molecule has 0 spiro atoms. The lowest BCUT2D eigenvalue weighted by Crippen LogP contribution is -2.26. The molecule has 1 amide bonds. The van der Waals surface area contributed by atoms with Crippen LogP contribution in [0.5, 0.6) is 5.75 Å². The van der Waals surface area contributed by atoms with Gasteiger partial charge in [-0.2, -0.15) is 0 Å². The fraction of sp³-hybridized carbons (Fsp3) is 0.222. The van der Waals surface area contributed by atoms with E-state index >= 15 is 0 Å². The summed E-state index contributed by atoms with van der Waals surface area (Å²) in [6.45, 7) is 2.56. The molecule has 7 nitrogen and oxygen atoms in total. The number of carbonyl (C=O) groups is 1. The molecule has 1 N–H and O–H groups in total. The third-order valence-electron chi connectivity index (χ3n) is 3.84. The van der Waals surface area contributed by atoms with Gasteiger partial charge in [-0.25, -0.2) is 4.68 Å². The first-order valence-corrected chi connectivity index (χ1v) is 7.92. The van der Waals surface area contributed by atoms with Gasteiger partial charge >= 0.3 is 0 Å². The van der Waals surface area contributed by atoms with E-state index in [1.807, 2.05) is 25.1 Å². The predicted molar refractivity (Wildman–Crippen MR) is 92.9 cm³/mol. The number of carbonyl (C=O) groups excluding carboxylic acids is 1. The number of aryl methyl sites for hydroxylation is 1. The minimum absolute atomic E-state index is 0.137. The topological polar surface area (TPSA) is 81.9 Å². The van der Waals surface area contributed by atoms with E-state index in [0.717, 1.165) is 22.6 Å². The first-order valence-electron chi connectivity index (χ1n) is 7.92. The molecule has 0 radical (unpaired) electrons. The van der Waals surface area contributed by atoms with Crippen molar-refractivity contribution in [2.24, 2.45) is 0 Å². The second-order valence-electron chi connectivity index (χ2n) is 5.63. The van der Waals surface area contributed by atoms with Gasteiger partial charge in [-0.15, -0.1) is 5.10 Å². The van der Waals surface area contributed by atoms with Gasteiger partial charge in [0.1, 0.15) is 12.1 Å². The van der Waals surface area contributed by atoms with Crippen molar-refractivity contribution in [2.45, 2.75) is 13.3 Å². The lowest BCUT2D eigenvalue weighted by Gasteiger charge is -2.10. The predicted octanol–water partition coefficient (Wildman–Crippen LogP) is 1.95. The molecule has 0 aliphatic carbocycles. The number of ether oxygens (including phenoxy) is 1. The monoisotopic (exact) mass is 337 g/mol. The van der Waals surface area contributed by atoms with E-state index in [2.05, 4.69) is 26.9 Å². The summed E-state index contributed by atoms with van der Waals surface area (Å²) in [7, 11) is 1.65. The van der Waals surface area contributed by atoms with Crippen LogP contribution >= 0.6 is 0 Å². The Morgan fingerprint density at radius 3 is 2.88 bits per heavy atom. The summed E-state index contributed by atoms with van der Waals surface area (Å²) in [6.07, 6.45) is 2.18. The van der Waals surface area contributed by atoms with Crippen LogP contribution in [-0.2, 0) is 6.42 Å². The van der Waals surface area contributed by atoms with E-state index in [4.69, 9.17) is 4.74 Å². The van der Waals surface area contributed by atoms with Crippen LogP contribution in [0.25, 0.3) is 5.69 Å². The van der Waals surface area contributed by atoms with Gasteiger partial charge < -0.3 is 10.1 Å². The fourth-order valence-electron chi connectivity index (χ4n) is 2.58. The third kappa shape index (κ3) is 4.00. The summed E-state index contributed by atoms with van der Waals surface area (Å²) in [5, 5.41) is 14.0. The number of hydrogen-bond acceptors (Lipinski definition) is 5. The Morgan fingerprint density at radius 1 is 1.24 bits per heavy atom. The number of hydrogen-bond donors (Lipinski definition) is 1. The molecule has 0 aliphatic heterocycles. The average molecular weight is 337 g/mol. The number of nitrogens with zero attached hydrogens (tertiary/aromatic N) is 4. The van der Waals surface area contributed by atoms with E-state index in [1.165, 1.54) is 11.0 Å². The van der Waals surface area contributed by atoms with Crippen molar-refractivity contribution in [1.82, 2.24) is 25.5 Å². The summed E-state index contributed by atoms with van der Waals surface area (Å²) in [5.41, 5.74) is 3.53. The second kappa shape index (κ2) is 7.57. The number of nitrogens with one attached hydrogen (secondary N) is 1. The Bertz CT molecular complexity index is 862. The average Bonchev–Trinajstić information content (AvgIpc) is 3.17. The van der Waals surface area contributed by atoms with E-state index in [0.29, 0.717) is 18.5 Å². The van der Waals surface area contributed by atoms with Gasteiger partial charge in [0, 0.05) is 12.1 Å². The first kappa shape index (κ1) is 16.6. The van der Waals surface area contributed by atoms with Crippen molar-refractivity contribution in [2.75, 3.05) is 13.7 Å². The van der Waals surface area contributed by atoms with E-state index in [1.54, 1.807) is 25.3 Å². The Balaban J connectivity index is 1.64. The number of amides is 1. The second-order valence-corrected chi connectivity index (χ2v) is 5.63. The molecular weight excluding hydrogens is 318 g/mol. The zero-order valence-electron chi connectivity index (χ0n) is 14.1. The summed E-state index contributed by atoms with van der Waals surface area (Å²) < 4.78 is 6.87. The van der Waals surface area contributed by atoms with Crippen LogP contribution in [0.2, 0.25) is 0 Å². The summed E-state index contributed by atoms with van der Waals surface area (Å²) in [6, 6.07) is 13.2. The van der Waals surface area contributed by atoms with Gasteiger partial charge in [0.25, 0.3) is 5.91 Å². The fourth-order valence-corrected chi connectivity index (χ4v) is 2.58. The number of methoxy groups -OCH3 is 1. The van der Waals surface area contributed by atoms with Crippen LogP contribution < -0.4 is 10.1 Å². The molecule has 25 heavy (non-hydrogen) atoms. The van der Waals surface area contributed by atoms with Crippen LogP contribution in [0.15, 0.2) is 48.8 Å². The first-order chi connectivity index (χ1) is 12.2. The Kier molecular flexibility index (Phi) is 5.03. The number of aromatic nitrogens is 4. The largest absolute Gasteiger partial charge is 0.496 e. The molecule has 0 aliphatic rings. The number of tetrazole rings is 1.